The fraction of sp³-hybridized carbons (Fsp3) is 0.100. The highest BCUT2D eigenvalue weighted by molar-refractivity contribution is 7.67. The van der Waals surface area contributed by atoms with Gasteiger partial charge >= 0.3 is 0 Å². The molecule has 0 amide bonds. The number of rotatable bonds is 4. The van der Waals surface area contributed by atoms with Crippen molar-refractivity contribution >= 4 is 12.7 Å². The van der Waals surface area contributed by atoms with E-state index in [1.807, 2.05) is 43.3 Å². The predicted molar refractivity (Wildman–Crippen MR) is 98.8 cm³/mol. The Morgan fingerprint density at radius 2 is 1.79 bits per heavy atom. The molecule has 0 aliphatic carbocycles. The summed E-state index contributed by atoms with van der Waals surface area (Å²) in [4.78, 5) is 0. The first-order valence-corrected chi connectivity index (χ1v) is 9.51. The Balaban J connectivity index is 2.06. The molecule has 1 aliphatic heterocycles. The molecular formula is C20H19O3P. The van der Waals surface area contributed by atoms with Crippen LogP contribution in [0.5, 0.6) is 5.75 Å². The molecule has 3 nitrogen and oxygen atoms in total. The molecule has 1 atom stereocenters. The number of aromatic hydroxyl groups is 1. The lowest BCUT2D eigenvalue weighted by Gasteiger charge is -2.17. The molecule has 0 spiro atoms. The van der Waals surface area contributed by atoms with E-state index in [1.165, 1.54) is 0 Å². The van der Waals surface area contributed by atoms with Crippen LogP contribution in [0.15, 0.2) is 84.7 Å². The van der Waals surface area contributed by atoms with Crippen molar-refractivity contribution in [3.63, 3.8) is 0 Å². The normalized spacial score (nSPS) is 20.4. The minimum Gasteiger partial charge on any atom is -0.507 e. The van der Waals surface area contributed by atoms with E-state index in [-0.39, 0.29) is 5.75 Å². The summed E-state index contributed by atoms with van der Waals surface area (Å²) in [5.41, 5.74) is 2.34. The second-order valence-corrected chi connectivity index (χ2v) is 8.02. The predicted octanol–water partition coefficient (Wildman–Crippen LogP) is 5.01. The molecule has 24 heavy (non-hydrogen) atoms. The maximum absolute atomic E-state index is 13.5. The van der Waals surface area contributed by atoms with Gasteiger partial charge in [0.1, 0.15) is 11.5 Å². The molecular weight excluding hydrogens is 319 g/mol. The van der Waals surface area contributed by atoms with Crippen molar-refractivity contribution in [2.75, 3.05) is 6.16 Å². The first-order valence-electron chi connectivity index (χ1n) is 7.70. The van der Waals surface area contributed by atoms with E-state index in [1.54, 1.807) is 30.4 Å². The average Bonchev–Trinajstić information content (AvgIpc) is 2.88. The third kappa shape index (κ3) is 2.95. The van der Waals surface area contributed by atoms with Crippen LogP contribution in [0, 0.1) is 0 Å². The number of hydrogen-bond acceptors (Lipinski definition) is 3. The molecule has 2 aromatic carbocycles. The quantitative estimate of drug-likeness (QED) is 0.630. The van der Waals surface area contributed by atoms with E-state index in [9.17, 15) is 9.67 Å². The van der Waals surface area contributed by atoms with Gasteiger partial charge in [0.25, 0.3) is 7.37 Å². The van der Waals surface area contributed by atoms with Crippen molar-refractivity contribution < 1.29 is 14.2 Å². The largest absolute Gasteiger partial charge is 0.507 e. The van der Waals surface area contributed by atoms with Crippen LogP contribution in [-0.4, -0.2) is 11.3 Å². The fourth-order valence-corrected chi connectivity index (χ4v) is 5.34. The van der Waals surface area contributed by atoms with Gasteiger partial charge in [-0.3, -0.25) is 4.57 Å². The topological polar surface area (TPSA) is 46.5 Å². The van der Waals surface area contributed by atoms with Crippen LogP contribution in [0.1, 0.15) is 6.92 Å². The zero-order valence-electron chi connectivity index (χ0n) is 13.5. The van der Waals surface area contributed by atoms with Crippen molar-refractivity contribution in [1.82, 2.24) is 0 Å². The Bertz CT molecular complexity index is 893. The second kappa shape index (κ2) is 6.54. The number of benzene rings is 2. The molecule has 1 N–H and O–H groups in total. The van der Waals surface area contributed by atoms with Gasteiger partial charge in [0, 0.05) is 5.56 Å². The lowest BCUT2D eigenvalue weighted by Crippen LogP contribution is -2.10. The summed E-state index contributed by atoms with van der Waals surface area (Å²) in [5.74, 6) is 0.789. The van der Waals surface area contributed by atoms with Crippen molar-refractivity contribution in [2.45, 2.75) is 6.92 Å². The standard InChI is InChI=1S/C20H19O3P/c1-3-4-12-19-15(2)14-24(22,23-19)20-13-8-6-10-17(20)16-9-5-7-11-18(16)21/h3-13,21H,1,14H2,2H3/b12-4-. The van der Waals surface area contributed by atoms with E-state index in [0.717, 1.165) is 11.1 Å². The maximum atomic E-state index is 13.5. The molecule has 0 aromatic heterocycles. The highest BCUT2D eigenvalue weighted by atomic mass is 31.2. The Morgan fingerprint density at radius 1 is 1.12 bits per heavy atom. The summed E-state index contributed by atoms with van der Waals surface area (Å²) in [6.07, 6.45) is 5.57. The van der Waals surface area contributed by atoms with Gasteiger partial charge < -0.3 is 9.63 Å². The molecule has 0 radical (unpaired) electrons. The lowest BCUT2D eigenvalue weighted by atomic mass is 10.0. The smallest absolute Gasteiger partial charge is 0.281 e. The summed E-state index contributed by atoms with van der Waals surface area (Å²) in [7, 11) is -3.07. The highest BCUT2D eigenvalue weighted by Crippen LogP contribution is 2.56. The van der Waals surface area contributed by atoms with E-state index in [0.29, 0.717) is 22.8 Å². The van der Waals surface area contributed by atoms with Gasteiger partial charge in [-0.25, -0.2) is 0 Å². The Hall–Kier alpha value is -2.51. The SMILES string of the molecule is C=C/C=C\C1=C(C)CP(=O)(c2ccccc2-c2ccccc2O)O1. The molecule has 2 aromatic rings. The van der Waals surface area contributed by atoms with Crippen LogP contribution in [0.25, 0.3) is 11.1 Å². The van der Waals surface area contributed by atoms with Gasteiger partial charge in [0.05, 0.1) is 11.5 Å². The van der Waals surface area contributed by atoms with Crippen LogP contribution < -0.4 is 5.30 Å². The summed E-state index contributed by atoms with van der Waals surface area (Å²) in [5, 5.41) is 10.8. The average molecular weight is 338 g/mol. The van der Waals surface area contributed by atoms with Crippen LogP contribution in [-0.2, 0) is 9.09 Å². The minimum absolute atomic E-state index is 0.159. The van der Waals surface area contributed by atoms with E-state index in [4.69, 9.17) is 4.52 Å². The number of phenolic OH excluding ortho intramolecular Hbond substituents is 1. The van der Waals surface area contributed by atoms with E-state index >= 15 is 0 Å². The molecule has 3 rings (SSSR count). The summed E-state index contributed by atoms with van der Waals surface area (Å²) in [6.45, 7) is 5.56. The fourth-order valence-electron chi connectivity index (χ4n) is 2.82. The number of hydrogen-bond donors (Lipinski definition) is 1. The number of para-hydroxylation sites is 1. The maximum Gasteiger partial charge on any atom is 0.281 e. The summed E-state index contributed by atoms with van der Waals surface area (Å²) < 4.78 is 19.4. The zero-order chi connectivity index (χ0) is 17.2. The monoisotopic (exact) mass is 338 g/mol. The molecule has 1 heterocycles. The molecule has 4 heteroatoms. The lowest BCUT2D eigenvalue weighted by molar-refractivity contribution is 0.440. The first kappa shape index (κ1) is 16.4. The summed E-state index contributed by atoms with van der Waals surface area (Å²) >= 11 is 0. The second-order valence-electron chi connectivity index (χ2n) is 5.70. The van der Waals surface area contributed by atoms with Crippen LogP contribution in [0.3, 0.4) is 0 Å². The molecule has 0 bridgehead atoms. The van der Waals surface area contributed by atoms with E-state index in [2.05, 4.69) is 6.58 Å². The van der Waals surface area contributed by atoms with Gasteiger partial charge in [-0.05, 0) is 36.3 Å². The first-order chi connectivity index (χ1) is 11.5. The van der Waals surface area contributed by atoms with Crippen molar-refractivity contribution in [2.24, 2.45) is 0 Å². The molecule has 1 unspecified atom stereocenters. The van der Waals surface area contributed by atoms with Crippen molar-refractivity contribution in [3.05, 3.63) is 84.7 Å². The zero-order valence-corrected chi connectivity index (χ0v) is 14.4. The van der Waals surface area contributed by atoms with Gasteiger partial charge in [0.2, 0.25) is 0 Å². The van der Waals surface area contributed by atoms with E-state index < -0.39 is 7.37 Å². The van der Waals surface area contributed by atoms with Crippen LogP contribution in [0.4, 0.5) is 0 Å². The van der Waals surface area contributed by atoms with Gasteiger partial charge in [-0.1, -0.05) is 55.1 Å². The minimum atomic E-state index is -3.07. The third-order valence-electron chi connectivity index (χ3n) is 3.96. The molecule has 0 fully saturated rings. The van der Waals surface area contributed by atoms with Crippen LogP contribution >= 0.6 is 7.37 Å². The van der Waals surface area contributed by atoms with Crippen molar-refractivity contribution in [1.29, 1.82) is 0 Å². The molecule has 0 saturated heterocycles. The molecule has 122 valence electrons. The molecule has 0 saturated carbocycles. The Morgan fingerprint density at radius 3 is 2.50 bits per heavy atom. The van der Waals surface area contributed by atoms with Gasteiger partial charge in [-0.2, -0.15) is 0 Å². The third-order valence-corrected chi connectivity index (χ3v) is 6.47. The van der Waals surface area contributed by atoms with Crippen molar-refractivity contribution in [3.8, 4) is 16.9 Å². The molecule has 1 aliphatic rings. The van der Waals surface area contributed by atoms with Gasteiger partial charge in [-0.15, -0.1) is 0 Å². The summed E-state index contributed by atoms with van der Waals surface area (Å²) in [6, 6.07) is 14.4. The number of allylic oxidation sites excluding steroid dienone is 4. The van der Waals surface area contributed by atoms with Crippen LogP contribution in [0.2, 0.25) is 0 Å². The Kier molecular flexibility index (Phi) is 4.46. The highest BCUT2D eigenvalue weighted by Gasteiger charge is 2.37. The number of phenols is 1. The van der Waals surface area contributed by atoms with Gasteiger partial charge in [0.15, 0.2) is 0 Å². The Labute approximate surface area is 142 Å².